The Morgan fingerprint density at radius 1 is 1.31 bits per heavy atom. The van der Waals surface area contributed by atoms with Gasteiger partial charge in [-0.1, -0.05) is 49.2 Å². The van der Waals surface area contributed by atoms with Crippen LogP contribution in [0.4, 0.5) is 0 Å². The number of benzene rings is 1. The maximum Gasteiger partial charge on any atom is 0.0705 e. The first kappa shape index (κ1) is 13.8. The van der Waals surface area contributed by atoms with Crippen LogP contribution < -0.4 is 5.32 Å². The fourth-order valence-electron chi connectivity index (χ4n) is 1.40. The number of nitrogens with one attached hydrogen (secondary N) is 1. The molecule has 0 aliphatic heterocycles. The van der Waals surface area contributed by atoms with E-state index in [1.165, 1.54) is 0 Å². The van der Waals surface area contributed by atoms with Crippen LogP contribution in [-0.2, 0) is 6.42 Å². The highest BCUT2D eigenvalue weighted by Gasteiger charge is 2.10. The number of rotatable bonds is 5. The van der Waals surface area contributed by atoms with Crippen molar-refractivity contribution in [2.45, 2.75) is 32.4 Å². The minimum absolute atomic E-state index is 0.365. The third kappa shape index (κ3) is 4.30. The maximum atomic E-state index is 9.80. The molecule has 1 rings (SSSR count). The molecule has 0 radical (unpaired) electrons. The van der Waals surface area contributed by atoms with Gasteiger partial charge in [0.25, 0.3) is 0 Å². The molecule has 0 saturated heterocycles. The van der Waals surface area contributed by atoms with Gasteiger partial charge in [0.2, 0.25) is 0 Å². The summed E-state index contributed by atoms with van der Waals surface area (Å²) in [6.07, 6.45) is 0.0671. The van der Waals surface area contributed by atoms with Crippen molar-refractivity contribution in [2.75, 3.05) is 6.54 Å². The molecule has 16 heavy (non-hydrogen) atoms. The third-order valence-electron chi connectivity index (χ3n) is 2.25. The first-order valence-electron chi connectivity index (χ1n) is 5.35. The normalized spacial score (nSPS) is 13.1. The molecule has 0 amide bonds. The van der Waals surface area contributed by atoms with Gasteiger partial charge in [0.15, 0.2) is 0 Å². The molecule has 0 aromatic heterocycles. The average molecular weight is 262 g/mol. The lowest BCUT2D eigenvalue weighted by atomic mass is 10.1. The zero-order valence-electron chi connectivity index (χ0n) is 9.50. The Morgan fingerprint density at radius 3 is 2.62 bits per heavy atom. The van der Waals surface area contributed by atoms with E-state index in [1.54, 1.807) is 6.07 Å². The van der Waals surface area contributed by atoms with E-state index < -0.39 is 6.10 Å². The minimum Gasteiger partial charge on any atom is -0.391 e. The van der Waals surface area contributed by atoms with Gasteiger partial charge >= 0.3 is 0 Å². The van der Waals surface area contributed by atoms with Gasteiger partial charge in [-0.25, -0.2) is 0 Å². The van der Waals surface area contributed by atoms with E-state index in [1.807, 2.05) is 26.0 Å². The largest absolute Gasteiger partial charge is 0.391 e. The van der Waals surface area contributed by atoms with Crippen LogP contribution in [0.3, 0.4) is 0 Å². The monoisotopic (exact) mass is 261 g/mol. The zero-order chi connectivity index (χ0) is 12.1. The lowest BCUT2D eigenvalue weighted by Crippen LogP contribution is -2.33. The Balaban J connectivity index is 2.56. The minimum atomic E-state index is -0.446. The van der Waals surface area contributed by atoms with Crippen LogP contribution in [0.1, 0.15) is 19.4 Å². The van der Waals surface area contributed by atoms with Crippen LogP contribution in [0.2, 0.25) is 10.0 Å². The molecule has 0 spiro atoms. The molecule has 1 unspecified atom stereocenters. The lowest BCUT2D eigenvalue weighted by Gasteiger charge is -2.15. The van der Waals surface area contributed by atoms with Crippen molar-refractivity contribution in [2.24, 2.45) is 0 Å². The van der Waals surface area contributed by atoms with E-state index in [4.69, 9.17) is 23.2 Å². The van der Waals surface area contributed by atoms with Crippen molar-refractivity contribution >= 4 is 23.2 Å². The first-order valence-corrected chi connectivity index (χ1v) is 6.10. The van der Waals surface area contributed by atoms with Crippen molar-refractivity contribution in [3.8, 4) is 0 Å². The second kappa shape index (κ2) is 6.45. The Kier molecular flexibility index (Phi) is 5.56. The van der Waals surface area contributed by atoms with Crippen molar-refractivity contribution in [3.05, 3.63) is 33.8 Å². The van der Waals surface area contributed by atoms with Crippen molar-refractivity contribution < 1.29 is 5.11 Å². The summed E-state index contributed by atoms with van der Waals surface area (Å²) in [5.41, 5.74) is 0.882. The number of aliphatic hydroxyl groups excluding tert-OH is 1. The topological polar surface area (TPSA) is 32.3 Å². The van der Waals surface area contributed by atoms with Crippen LogP contribution in [-0.4, -0.2) is 23.8 Å². The Hall–Kier alpha value is -0.280. The van der Waals surface area contributed by atoms with E-state index >= 15 is 0 Å². The first-order chi connectivity index (χ1) is 7.50. The van der Waals surface area contributed by atoms with Crippen LogP contribution in [0.15, 0.2) is 18.2 Å². The van der Waals surface area contributed by atoms with Crippen LogP contribution in [0, 0.1) is 0 Å². The summed E-state index contributed by atoms with van der Waals surface area (Å²) >= 11 is 11.9. The summed E-state index contributed by atoms with van der Waals surface area (Å²) in [4.78, 5) is 0. The van der Waals surface area contributed by atoms with Crippen molar-refractivity contribution in [3.63, 3.8) is 0 Å². The molecule has 2 nitrogen and oxygen atoms in total. The number of aliphatic hydroxyl groups is 1. The number of hydrogen-bond acceptors (Lipinski definition) is 2. The highest BCUT2D eigenvalue weighted by Crippen LogP contribution is 2.26. The van der Waals surface area contributed by atoms with E-state index in [0.29, 0.717) is 29.1 Å². The summed E-state index contributed by atoms with van der Waals surface area (Å²) in [6, 6.07) is 5.83. The van der Waals surface area contributed by atoms with Gasteiger partial charge in [-0.15, -0.1) is 0 Å². The Morgan fingerprint density at radius 2 is 2.00 bits per heavy atom. The van der Waals surface area contributed by atoms with Gasteiger partial charge in [-0.05, 0) is 11.6 Å². The zero-order valence-corrected chi connectivity index (χ0v) is 11.0. The van der Waals surface area contributed by atoms with Crippen LogP contribution in [0.25, 0.3) is 0 Å². The van der Waals surface area contributed by atoms with E-state index in [2.05, 4.69) is 5.32 Å². The van der Waals surface area contributed by atoms with Gasteiger partial charge in [0.05, 0.1) is 16.1 Å². The molecule has 0 aliphatic carbocycles. The fraction of sp³-hybridized carbons (Fsp3) is 0.500. The van der Waals surface area contributed by atoms with E-state index in [0.717, 1.165) is 5.56 Å². The second-order valence-corrected chi connectivity index (χ2v) is 4.92. The van der Waals surface area contributed by atoms with Crippen LogP contribution >= 0.6 is 23.2 Å². The molecular weight excluding hydrogens is 245 g/mol. The predicted octanol–water partition coefficient (Wildman–Crippen LogP) is 2.89. The fourth-order valence-corrected chi connectivity index (χ4v) is 1.80. The van der Waals surface area contributed by atoms with Crippen molar-refractivity contribution in [1.82, 2.24) is 5.32 Å². The molecular formula is C12H17Cl2NO. The van der Waals surface area contributed by atoms with Gasteiger partial charge in [0, 0.05) is 19.0 Å². The average Bonchev–Trinajstić information content (AvgIpc) is 2.22. The lowest BCUT2D eigenvalue weighted by molar-refractivity contribution is 0.169. The molecule has 0 aliphatic rings. The smallest absolute Gasteiger partial charge is 0.0705 e. The summed E-state index contributed by atoms with van der Waals surface area (Å²) in [5.74, 6) is 0. The van der Waals surface area contributed by atoms with Gasteiger partial charge in [-0.3, -0.25) is 0 Å². The van der Waals surface area contributed by atoms with Gasteiger partial charge < -0.3 is 10.4 Å². The summed E-state index contributed by atoms with van der Waals surface area (Å²) < 4.78 is 0. The molecule has 0 bridgehead atoms. The molecule has 0 saturated carbocycles. The molecule has 0 heterocycles. The number of hydrogen-bond donors (Lipinski definition) is 2. The molecule has 4 heteroatoms. The SMILES string of the molecule is CC(C)NCC(O)Cc1cccc(Cl)c1Cl. The summed E-state index contributed by atoms with van der Waals surface area (Å²) in [5, 5.41) is 14.0. The van der Waals surface area contributed by atoms with Gasteiger partial charge in [0.1, 0.15) is 0 Å². The van der Waals surface area contributed by atoms with Crippen molar-refractivity contribution in [1.29, 1.82) is 0 Å². The summed E-state index contributed by atoms with van der Waals surface area (Å²) in [6.45, 7) is 4.64. The molecule has 1 aromatic rings. The second-order valence-electron chi connectivity index (χ2n) is 4.13. The third-order valence-corrected chi connectivity index (χ3v) is 3.11. The quantitative estimate of drug-likeness (QED) is 0.855. The van der Waals surface area contributed by atoms with Gasteiger partial charge in [-0.2, -0.15) is 0 Å². The highest BCUT2D eigenvalue weighted by atomic mass is 35.5. The highest BCUT2D eigenvalue weighted by molar-refractivity contribution is 6.42. The molecule has 0 fully saturated rings. The molecule has 1 aromatic carbocycles. The van der Waals surface area contributed by atoms with E-state index in [9.17, 15) is 5.11 Å². The molecule has 90 valence electrons. The summed E-state index contributed by atoms with van der Waals surface area (Å²) in [7, 11) is 0. The predicted molar refractivity (Wildman–Crippen MR) is 69.3 cm³/mol. The Bertz CT molecular complexity index is 342. The number of halogens is 2. The Labute approximate surface area is 107 Å². The standard InChI is InChI=1S/C12H17Cl2NO/c1-8(2)15-7-10(16)6-9-4-3-5-11(13)12(9)14/h3-5,8,10,15-16H,6-7H2,1-2H3. The molecule has 2 N–H and O–H groups in total. The van der Waals surface area contributed by atoms with E-state index in [-0.39, 0.29) is 0 Å². The maximum absolute atomic E-state index is 9.80. The molecule has 1 atom stereocenters. The van der Waals surface area contributed by atoms with Crippen LogP contribution in [0.5, 0.6) is 0 Å².